The molecular weight excluding hydrogens is 362 g/mol. The number of rotatable bonds is 5. The molecule has 152 valence electrons. The number of aliphatic hydroxyl groups is 1. The molecule has 0 bridgehead atoms. The van der Waals surface area contributed by atoms with Crippen molar-refractivity contribution in [3.05, 3.63) is 23.8 Å². The average molecular weight is 389 g/mol. The van der Waals surface area contributed by atoms with Gasteiger partial charge in [0.25, 0.3) is 11.8 Å². The summed E-state index contributed by atoms with van der Waals surface area (Å²) in [5, 5.41) is 9.25. The lowest BCUT2D eigenvalue weighted by Gasteiger charge is -2.42. The van der Waals surface area contributed by atoms with E-state index in [-0.39, 0.29) is 36.9 Å². The zero-order valence-corrected chi connectivity index (χ0v) is 16.6. The highest BCUT2D eigenvalue weighted by Crippen LogP contribution is 2.38. The van der Waals surface area contributed by atoms with E-state index >= 15 is 0 Å². The first-order valence-corrected chi connectivity index (χ1v) is 9.62. The molecule has 3 rings (SSSR count). The summed E-state index contributed by atoms with van der Waals surface area (Å²) in [5.74, 6) is 0.358. The van der Waals surface area contributed by atoms with Crippen molar-refractivity contribution in [2.75, 3.05) is 32.8 Å². The van der Waals surface area contributed by atoms with Crippen molar-refractivity contribution in [2.45, 2.75) is 39.2 Å². The molecule has 9 nitrogen and oxygen atoms in total. The summed E-state index contributed by atoms with van der Waals surface area (Å²) in [6.07, 6.45) is 3.77. The van der Waals surface area contributed by atoms with Crippen LogP contribution in [0.2, 0.25) is 0 Å². The van der Waals surface area contributed by atoms with Crippen LogP contribution < -0.4 is 0 Å². The molecule has 0 aliphatic carbocycles. The number of amides is 4. The number of hydrogen-bond acceptors (Lipinski definition) is 6. The lowest BCUT2D eigenvalue weighted by atomic mass is 9.85. The number of nitrogens with zero attached hydrogens (tertiary/aromatic N) is 5. The Morgan fingerprint density at radius 1 is 1.21 bits per heavy atom. The molecule has 0 atom stereocenters. The number of imide groups is 1. The highest BCUT2D eigenvalue weighted by atomic mass is 16.3. The van der Waals surface area contributed by atoms with Gasteiger partial charge in [0.2, 0.25) is 0 Å². The Kier molecular flexibility index (Phi) is 5.64. The van der Waals surface area contributed by atoms with Crippen LogP contribution in [0.4, 0.5) is 4.79 Å². The molecule has 1 N–H and O–H groups in total. The van der Waals surface area contributed by atoms with Crippen LogP contribution >= 0.6 is 0 Å². The van der Waals surface area contributed by atoms with E-state index in [1.54, 1.807) is 16.7 Å². The number of aromatic nitrogens is 2. The smallest absolute Gasteiger partial charge is 0.327 e. The molecule has 2 saturated heterocycles. The van der Waals surface area contributed by atoms with Crippen LogP contribution in [0.15, 0.2) is 12.4 Å². The normalized spacial score (nSPS) is 19.2. The predicted octanol–water partition coefficient (Wildman–Crippen LogP) is 0.672. The Morgan fingerprint density at radius 2 is 1.82 bits per heavy atom. The van der Waals surface area contributed by atoms with Crippen LogP contribution in [0.5, 0.6) is 0 Å². The molecule has 3 heterocycles. The van der Waals surface area contributed by atoms with E-state index in [9.17, 15) is 19.5 Å². The molecule has 0 unspecified atom stereocenters. The molecule has 1 aromatic heterocycles. The van der Waals surface area contributed by atoms with Gasteiger partial charge in [0.1, 0.15) is 11.4 Å². The van der Waals surface area contributed by atoms with Crippen molar-refractivity contribution in [3.8, 4) is 0 Å². The van der Waals surface area contributed by atoms with Gasteiger partial charge in [-0.05, 0) is 25.7 Å². The van der Waals surface area contributed by atoms with Crippen LogP contribution in [0.3, 0.4) is 0 Å². The second-order valence-corrected chi connectivity index (χ2v) is 7.81. The Morgan fingerprint density at radius 3 is 2.36 bits per heavy atom. The molecule has 9 heteroatoms. The Balaban J connectivity index is 1.79. The van der Waals surface area contributed by atoms with Crippen LogP contribution in [0, 0.1) is 12.8 Å². The summed E-state index contributed by atoms with van der Waals surface area (Å²) in [6.45, 7) is 6.68. The van der Waals surface area contributed by atoms with Crippen LogP contribution in [0.1, 0.15) is 42.9 Å². The molecule has 1 spiro atoms. The summed E-state index contributed by atoms with van der Waals surface area (Å²) in [5.41, 5.74) is -0.520. The van der Waals surface area contributed by atoms with Crippen LogP contribution in [-0.4, -0.2) is 85.9 Å². The lowest BCUT2D eigenvalue weighted by Crippen LogP contribution is -2.58. The van der Waals surface area contributed by atoms with Gasteiger partial charge in [-0.25, -0.2) is 14.8 Å². The van der Waals surface area contributed by atoms with E-state index in [1.807, 2.05) is 13.8 Å². The number of carbonyl (C=O) groups excluding carboxylic acids is 3. The number of β-amino-alcohol motifs (C(OH)–C–C–N with tert-alkyl or cyclic N) is 1. The van der Waals surface area contributed by atoms with Gasteiger partial charge in [-0.1, -0.05) is 13.8 Å². The summed E-state index contributed by atoms with van der Waals surface area (Å²) in [4.78, 5) is 51.2. The van der Waals surface area contributed by atoms with Crippen LogP contribution in [-0.2, 0) is 4.79 Å². The van der Waals surface area contributed by atoms with Gasteiger partial charge in [0, 0.05) is 32.0 Å². The highest BCUT2D eigenvalue weighted by molar-refractivity contribution is 6.07. The van der Waals surface area contributed by atoms with E-state index in [4.69, 9.17) is 0 Å². The fraction of sp³-hybridized carbons (Fsp3) is 0.632. The fourth-order valence-electron chi connectivity index (χ4n) is 3.95. The minimum Gasteiger partial charge on any atom is -0.395 e. The van der Waals surface area contributed by atoms with E-state index in [0.717, 1.165) is 4.90 Å². The number of likely N-dealkylation sites (tertiary alicyclic amines) is 1. The van der Waals surface area contributed by atoms with Gasteiger partial charge in [-0.2, -0.15) is 0 Å². The van der Waals surface area contributed by atoms with Crippen molar-refractivity contribution in [1.82, 2.24) is 24.7 Å². The highest BCUT2D eigenvalue weighted by Gasteiger charge is 2.58. The van der Waals surface area contributed by atoms with Gasteiger partial charge >= 0.3 is 6.03 Å². The standard InChI is InChI=1S/C19H27N5O4/c1-13(2)12-24-18(28)23(8-9-25)17(27)19(24)4-6-22(7-5-19)16(26)15-10-20-14(3)21-11-15/h10-11,13,25H,4-9,12H2,1-3H3. The summed E-state index contributed by atoms with van der Waals surface area (Å²) >= 11 is 0. The first-order valence-electron chi connectivity index (χ1n) is 9.62. The number of carbonyl (C=O) groups is 3. The van der Waals surface area contributed by atoms with Crippen molar-refractivity contribution < 1.29 is 19.5 Å². The average Bonchev–Trinajstić information content (AvgIpc) is 2.85. The van der Waals surface area contributed by atoms with Gasteiger partial charge in [-0.15, -0.1) is 0 Å². The SMILES string of the molecule is Cc1ncc(C(=O)N2CCC3(CC2)C(=O)N(CCO)C(=O)N3CC(C)C)cn1. The minimum absolute atomic E-state index is 0.00262. The Bertz CT molecular complexity index is 756. The van der Waals surface area contributed by atoms with E-state index in [0.29, 0.717) is 43.9 Å². The van der Waals surface area contributed by atoms with E-state index < -0.39 is 5.54 Å². The molecule has 0 aromatic carbocycles. The number of urea groups is 1. The predicted molar refractivity (Wildman–Crippen MR) is 100 cm³/mol. The molecule has 2 fully saturated rings. The largest absolute Gasteiger partial charge is 0.395 e. The third-order valence-electron chi connectivity index (χ3n) is 5.40. The van der Waals surface area contributed by atoms with Crippen molar-refractivity contribution >= 4 is 17.8 Å². The van der Waals surface area contributed by atoms with Gasteiger partial charge in [0.15, 0.2) is 0 Å². The molecule has 2 aliphatic heterocycles. The lowest BCUT2D eigenvalue weighted by molar-refractivity contribution is -0.135. The van der Waals surface area contributed by atoms with E-state index in [1.165, 1.54) is 12.4 Å². The third-order valence-corrected chi connectivity index (χ3v) is 5.40. The maximum Gasteiger partial charge on any atom is 0.327 e. The number of hydrogen-bond donors (Lipinski definition) is 1. The third kappa shape index (κ3) is 3.46. The van der Waals surface area contributed by atoms with Crippen molar-refractivity contribution in [3.63, 3.8) is 0 Å². The monoisotopic (exact) mass is 389 g/mol. The maximum atomic E-state index is 13.1. The molecule has 0 radical (unpaired) electrons. The minimum atomic E-state index is -0.933. The second kappa shape index (κ2) is 7.83. The second-order valence-electron chi connectivity index (χ2n) is 7.81. The fourth-order valence-corrected chi connectivity index (χ4v) is 3.95. The van der Waals surface area contributed by atoms with Gasteiger partial charge in [-0.3, -0.25) is 14.5 Å². The molecule has 2 aliphatic rings. The zero-order chi connectivity index (χ0) is 20.5. The number of aryl methyl sites for hydroxylation is 1. The summed E-state index contributed by atoms with van der Waals surface area (Å²) < 4.78 is 0. The molecule has 1 aromatic rings. The van der Waals surface area contributed by atoms with Gasteiger partial charge < -0.3 is 14.9 Å². The molecular formula is C19H27N5O4. The summed E-state index contributed by atoms with van der Waals surface area (Å²) in [6, 6.07) is -0.348. The van der Waals surface area contributed by atoms with Gasteiger partial charge in [0.05, 0.1) is 18.7 Å². The van der Waals surface area contributed by atoms with E-state index in [2.05, 4.69) is 9.97 Å². The molecule has 0 saturated carbocycles. The quantitative estimate of drug-likeness (QED) is 0.742. The van der Waals surface area contributed by atoms with Crippen molar-refractivity contribution in [1.29, 1.82) is 0 Å². The first kappa shape index (κ1) is 20.2. The number of piperidine rings is 1. The zero-order valence-electron chi connectivity index (χ0n) is 16.6. The summed E-state index contributed by atoms with van der Waals surface area (Å²) in [7, 11) is 0. The van der Waals surface area contributed by atoms with Crippen molar-refractivity contribution in [2.24, 2.45) is 5.92 Å². The maximum absolute atomic E-state index is 13.1. The van der Waals surface area contributed by atoms with Crippen LogP contribution in [0.25, 0.3) is 0 Å². The first-order chi connectivity index (χ1) is 13.3. The Labute approximate surface area is 164 Å². The number of aliphatic hydroxyl groups excluding tert-OH is 1. The topological polar surface area (TPSA) is 107 Å². The Hall–Kier alpha value is -2.55. The molecule has 28 heavy (non-hydrogen) atoms. The molecule has 4 amide bonds.